The first kappa shape index (κ1) is 12.8. The molecule has 0 spiro atoms. The van der Waals surface area contributed by atoms with Crippen molar-refractivity contribution in [3.05, 3.63) is 0 Å². The fraction of sp³-hybridized carbons (Fsp3) is 0.857. The van der Waals surface area contributed by atoms with Crippen molar-refractivity contribution in [1.82, 2.24) is 10.2 Å². The monoisotopic (exact) mass is 264 g/mol. The zero-order valence-electron chi connectivity index (χ0n) is 11.6. The number of likely N-dealkylation sites (N-methyl/N-ethyl adjacent to an activating group) is 1. The molecule has 5 heteroatoms. The van der Waals surface area contributed by atoms with Crippen LogP contribution in [-0.4, -0.2) is 35.9 Å². The molecule has 0 radical (unpaired) electrons. The summed E-state index contributed by atoms with van der Waals surface area (Å²) in [6, 6.07) is -0.0721. The smallest absolute Gasteiger partial charge is 0.317 e. The number of hydrogen-bond acceptors (Lipinski definition) is 2. The van der Waals surface area contributed by atoms with Crippen molar-refractivity contribution in [1.29, 1.82) is 5.41 Å². The molecule has 0 aromatic rings. The largest absolute Gasteiger partial charge is 0.386 e. The Hall–Kier alpha value is -1.26. The Balaban J connectivity index is 1.66. The number of carbonyl (C=O) groups is 1. The lowest BCUT2D eigenvalue weighted by molar-refractivity contribution is -0.0151. The lowest BCUT2D eigenvalue weighted by Crippen LogP contribution is -2.61. The quantitative estimate of drug-likeness (QED) is 0.533. The third kappa shape index (κ3) is 2.42. The first-order valence-electron chi connectivity index (χ1n) is 7.32. The summed E-state index contributed by atoms with van der Waals surface area (Å²) >= 11 is 0. The van der Waals surface area contributed by atoms with Gasteiger partial charge < -0.3 is 16.0 Å². The molecule has 0 saturated heterocycles. The van der Waals surface area contributed by atoms with Crippen molar-refractivity contribution in [2.24, 2.45) is 23.5 Å². The molecule has 0 aromatic carbocycles. The maximum absolute atomic E-state index is 12.2. The van der Waals surface area contributed by atoms with E-state index in [9.17, 15) is 4.79 Å². The molecule has 0 aromatic heterocycles. The van der Waals surface area contributed by atoms with Gasteiger partial charge in [-0.05, 0) is 56.3 Å². The van der Waals surface area contributed by atoms with Crippen LogP contribution in [0.25, 0.3) is 0 Å². The van der Waals surface area contributed by atoms with Gasteiger partial charge in [0.15, 0.2) is 0 Å². The SMILES string of the molecule is CN(CC(=N)N)C(=O)NC12CC3CC(CC(C3)C1)C2. The number of urea groups is 1. The Labute approximate surface area is 114 Å². The molecule has 4 saturated carbocycles. The van der Waals surface area contributed by atoms with E-state index in [4.69, 9.17) is 11.1 Å². The van der Waals surface area contributed by atoms with Crippen LogP contribution in [0.2, 0.25) is 0 Å². The fourth-order valence-corrected chi connectivity index (χ4v) is 4.91. The molecule has 4 aliphatic rings. The van der Waals surface area contributed by atoms with Gasteiger partial charge in [0.2, 0.25) is 0 Å². The van der Waals surface area contributed by atoms with Gasteiger partial charge in [-0.2, -0.15) is 0 Å². The third-order valence-corrected chi connectivity index (χ3v) is 5.16. The maximum Gasteiger partial charge on any atom is 0.317 e. The van der Waals surface area contributed by atoms with Gasteiger partial charge in [-0.1, -0.05) is 0 Å². The van der Waals surface area contributed by atoms with Crippen LogP contribution in [0.1, 0.15) is 38.5 Å². The Bertz CT molecular complexity index is 371. The van der Waals surface area contributed by atoms with Crippen LogP contribution in [0, 0.1) is 23.2 Å². The van der Waals surface area contributed by atoms with E-state index in [-0.39, 0.29) is 24.0 Å². The van der Waals surface area contributed by atoms with Crippen LogP contribution in [0.4, 0.5) is 4.79 Å². The molecule has 0 unspecified atom stereocenters. The molecule has 2 amide bonds. The van der Waals surface area contributed by atoms with E-state index >= 15 is 0 Å². The van der Waals surface area contributed by atoms with Crippen molar-refractivity contribution >= 4 is 11.9 Å². The number of nitrogens with one attached hydrogen (secondary N) is 2. The summed E-state index contributed by atoms with van der Waals surface area (Å²) in [6.07, 6.45) is 7.57. The predicted octanol–water partition coefficient (Wildman–Crippen LogP) is 1.53. The predicted molar refractivity (Wildman–Crippen MR) is 74.0 cm³/mol. The van der Waals surface area contributed by atoms with Crippen LogP contribution >= 0.6 is 0 Å². The number of amidine groups is 1. The van der Waals surface area contributed by atoms with Crippen molar-refractivity contribution in [2.75, 3.05) is 13.6 Å². The van der Waals surface area contributed by atoms with Gasteiger partial charge in [0.25, 0.3) is 0 Å². The van der Waals surface area contributed by atoms with E-state index in [2.05, 4.69) is 5.32 Å². The second-order valence-corrected chi connectivity index (χ2v) is 7.01. The molecule has 0 atom stereocenters. The molecule has 4 rings (SSSR count). The van der Waals surface area contributed by atoms with Crippen molar-refractivity contribution in [3.8, 4) is 0 Å². The fourth-order valence-electron chi connectivity index (χ4n) is 4.91. The number of amides is 2. The van der Waals surface area contributed by atoms with Gasteiger partial charge in [-0.25, -0.2) is 4.79 Å². The van der Waals surface area contributed by atoms with Gasteiger partial charge in [0.05, 0.1) is 6.54 Å². The van der Waals surface area contributed by atoms with Crippen molar-refractivity contribution in [2.45, 2.75) is 44.1 Å². The lowest BCUT2D eigenvalue weighted by Gasteiger charge is -2.57. The van der Waals surface area contributed by atoms with E-state index in [1.165, 1.54) is 24.2 Å². The molecule has 106 valence electrons. The molecule has 4 aliphatic carbocycles. The first-order chi connectivity index (χ1) is 8.96. The second kappa shape index (κ2) is 4.39. The zero-order chi connectivity index (χ0) is 13.6. The topological polar surface area (TPSA) is 82.2 Å². The average Bonchev–Trinajstić information content (AvgIpc) is 2.24. The van der Waals surface area contributed by atoms with Gasteiger partial charge in [-0.3, -0.25) is 5.41 Å². The van der Waals surface area contributed by atoms with E-state index < -0.39 is 0 Å². The van der Waals surface area contributed by atoms with Gasteiger partial charge >= 0.3 is 6.03 Å². The van der Waals surface area contributed by atoms with Crippen LogP contribution in [-0.2, 0) is 0 Å². The molecule has 19 heavy (non-hydrogen) atoms. The summed E-state index contributed by atoms with van der Waals surface area (Å²) in [5, 5.41) is 10.5. The second-order valence-electron chi connectivity index (χ2n) is 7.01. The highest BCUT2D eigenvalue weighted by atomic mass is 16.2. The third-order valence-electron chi connectivity index (χ3n) is 5.16. The van der Waals surface area contributed by atoms with Gasteiger partial charge in [-0.15, -0.1) is 0 Å². The summed E-state index contributed by atoms with van der Waals surface area (Å²) in [6.45, 7) is 0.207. The van der Waals surface area contributed by atoms with Crippen LogP contribution < -0.4 is 11.1 Å². The average molecular weight is 264 g/mol. The van der Waals surface area contributed by atoms with Crippen molar-refractivity contribution in [3.63, 3.8) is 0 Å². The maximum atomic E-state index is 12.2. The molecule has 4 N–H and O–H groups in total. The van der Waals surface area contributed by atoms with Crippen molar-refractivity contribution < 1.29 is 4.79 Å². The van der Waals surface area contributed by atoms with E-state index in [0.717, 1.165) is 37.0 Å². The Morgan fingerprint density at radius 3 is 2.16 bits per heavy atom. The lowest BCUT2D eigenvalue weighted by atomic mass is 9.53. The summed E-state index contributed by atoms with van der Waals surface area (Å²) in [7, 11) is 1.71. The van der Waals surface area contributed by atoms with E-state index in [1.54, 1.807) is 7.05 Å². The Kier molecular flexibility index (Phi) is 2.95. The molecule has 5 nitrogen and oxygen atoms in total. The molecule has 4 bridgehead atoms. The van der Waals surface area contributed by atoms with Gasteiger partial charge in [0.1, 0.15) is 5.84 Å². The summed E-state index contributed by atoms with van der Waals surface area (Å²) in [5.74, 6) is 2.50. The number of hydrogen-bond donors (Lipinski definition) is 3. The molecular formula is C14H24N4O. The molecule has 0 aliphatic heterocycles. The minimum absolute atomic E-state index is 0.0307. The highest BCUT2D eigenvalue weighted by Crippen LogP contribution is 2.55. The number of rotatable bonds is 3. The normalized spacial score (nSPS) is 39.1. The van der Waals surface area contributed by atoms with Crippen LogP contribution in [0.5, 0.6) is 0 Å². The number of nitrogens with two attached hydrogens (primary N) is 1. The highest BCUT2D eigenvalue weighted by Gasteiger charge is 2.51. The minimum Gasteiger partial charge on any atom is -0.386 e. The zero-order valence-corrected chi connectivity index (χ0v) is 11.6. The minimum atomic E-state index is -0.0721. The molecule has 4 fully saturated rings. The summed E-state index contributed by atoms with van der Waals surface area (Å²) in [4.78, 5) is 13.7. The summed E-state index contributed by atoms with van der Waals surface area (Å²) in [5.41, 5.74) is 5.39. The Morgan fingerprint density at radius 2 is 1.74 bits per heavy atom. The Morgan fingerprint density at radius 1 is 1.26 bits per heavy atom. The van der Waals surface area contributed by atoms with E-state index in [0.29, 0.717) is 0 Å². The molecule has 0 heterocycles. The first-order valence-corrected chi connectivity index (χ1v) is 7.32. The highest BCUT2D eigenvalue weighted by molar-refractivity contribution is 5.84. The van der Waals surface area contributed by atoms with E-state index in [1.807, 2.05) is 0 Å². The standard InChI is InChI=1S/C14H24N4O/c1-18(8-12(15)16)13(19)17-14-5-9-2-10(6-14)4-11(3-9)7-14/h9-11H,2-8H2,1H3,(H3,15,16)(H,17,19). The summed E-state index contributed by atoms with van der Waals surface area (Å²) < 4.78 is 0. The molecular weight excluding hydrogens is 240 g/mol. The number of carbonyl (C=O) groups excluding carboxylic acids is 1. The number of nitrogens with zero attached hydrogens (tertiary/aromatic N) is 1. The van der Waals surface area contributed by atoms with Gasteiger partial charge in [0, 0.05) is 12.6 Å². The van der Waals surface area contributed by atoms with Crippen LogP contribution in [0.15, 0.2) is 0 Å². The van der Waals surface area contributed by atoms with Crippen LogP contribution in [0.3, 0.4) is 0 Å².